The van der Waals surface area contributed by atoms with Crippen molar-refractivity contribution in [1.29, 1.82) is 0 Å². The number of nitrogens with one attached hydrogen (secondary N) is 1. The van der Waals surface area contributed by atoms with Gasteiger partial charge in [-0.15, -0.1) is 5.10 Å². The molecule has 0 radical (unpaired) electrons. The Balaban J connectivity index is 1.61. The van der Waals surface area contributed by atoms with Crippen molar-refractivity contribution >= 4 is 5.91 Å². The average molecular weight is 289 g/mol. The molecule has 1 atom stereocenters. The summed E-state index contributed by atoms with van der Waals surface area (Å²) in [6, 6.07) is 1.98. The van der Waals surface area contributed by atoms with Crippen LogP contribution in [0.5, 0.6) is 0 Å². The van der Waals surface area contributed by atoms with Crippen molar-refractivity contribution in [3.63, 3.8) is 0 Å². The first-order valence-corrected chi connectivity index (χ1v) is 7.12. The van der Waals surface area contributed by atoms with Gasteiger partial charge in [-0.2, -0.15) is 5.10 Å². The summed E-state index contributed by atoms with van der Waals surface area (Å²) >= 11 is 0. The lowest BCUT2D eigenvalue weighted by Crippen LogP contribution is -2.41. The molecule has 1 aliphatic rings. The fraction of sp³-hybridized carbons (Fsp3) is 0.538. The van der Waals surface area contributed by atoms with Crippen LogP contribution >= 0.6 is 0 Å². The van der Waals surface area contributed by atoms with E-state index in [2.05, 4.69) is 20.5 Å². The van der Waals surface area contributed by atoms with Crippen LogP contribution in [0.4, 0.5) is 0 Å². The van der Waals surface area contributed by atoms with Gasteiger partial charge in [0.15, 0.2) is 0 Å². The van der Waals surface area contributed by atoms with Gasteiger partial charge >= 0.3 is 0 Å². The molecule has 2 aromatic heterocycles. The van der Waals surface area contributed by atoms with Crippen LogP contribution in [0.2, 0.25) is 0 Å². The molecule has 1 unspecified atom stereocenters. The highest BCUT2D eigenvalue weighted by atomic mass is 16.2. The Kier molecular flexibility index (Phi) is 3.96. The molecule has 1 fully saturated rings. The lowest BCUT2D eigenvalue weighted by atomic mass is 9.95. The normalized spacial score (nSPS) is 18.9. The van der Waals surface area contributed by atoms with Crippen molar-refractivity contribution < 1.29 is 4.79 Å². The molecule has 21 heavy (non-hydrogen) atoms. The second-order valence-electron chi connectivity index (χ2n) is 5.30. The molecule has 0 aromatic carbocycles. The van der Waals surface area contributed by atoms with Crippen LogP contribution in [-0.4, -0.2) is 49.1 Å². The fourth-order valence-electron chi connectivity index (χ4n) is 2.70. The smallest absolute Gasteiger partial charge is 0.244 e. The predicted octanol–water partition coefficient (Wildman–Crippen LogP) is -0.134. The Labute approximate surface area is 122 Å². The predicted molar refractivity (Wildman–Crippen MR) is 75.1 cm³/mol. The second kappa shape index (κ2) is 6.04. The van der Waals surface area contributed by atoms with Gasteiger partial charge in [0.1, 0.15) is 6.54 Å². The van der Waals surface area contributed by atoms with Crippen molar-refractivity contribution in [1.82, 2.24) is 30.1 Å². The molecule has 3 heterocycles. The third kappa shape index (κ3) is 3.10. The summed E-state index contributed by atoms with van der Waals surface area (Å²) in [7, 11) is 0. The van der Waals surface area contributed by atoms with Crippen LogP contribution in [0.1, 0.15) is 30.1 Å². The van der Waals surface area contributed by atoms with Gasteiger partial charge in [0.2, 0.25) is 5.91 Å². The van der Waals surface area contributed by atoms with E-state index in [-0.39, 0.29) is 12.5 Å². The van der Waals surface area contributed by atoms with E-state index in [1.165, 1.54) is 0 Å². The third-order valence-corrected chi connectivity index (χ3v) is 3.83. The van der Waals surface area contributed by atoms with E-state index in [0.29, 0.717) is 18.2 Å². The summed E-state index contributed by atoms with van der Waals surface area (Å²) in [5, 5.41) is 14.8. The molecular weight excluding hydrogens is 270 g/mol. The quantitative estimate of drug-likeness (QED) is 0.815. The molecular formula is C13H19N7O. The van der Waals surface area contributed by atoms with E-state index >= 15 is 0 Å². The monoisotopic (exact) mass is 289 g/mol. The molecule has 3 N–H and O–H groups in total. The number of aromatic nitrogens is 5. The number of nitrogens with two attached hydrogens (primary N) is 1. The lowest BCUT2D eigenvalue weighted by Gasteiger charge is -2.32. The number of hydrogen-bond acceptors (Lipinski definition) is 5. The van der Waals surface area contributed by atoms with Crippen molar-refractivity contribution in [2.75, 3.05) is 13.1 Å². The molecule has 0 saturated carbocycles. The van der Waals surface area contributed by atoms with Gasteiger partial charge in [0.25, 0.3) is 0 Å². The summed E-state index contributed by atoms with van der Waals surface area (Å²) in [4.78, 5) is 14.2. The Morgan fingerprint density at radius 1 is 1.52 bits per heavy atom. The first kappa shape index (κ1) is 13.7. The number of rotatable bonds is 4. The summed E-state index contributed by atoms with van der Waals surface area (Å²) in [5.41, 5.74) is 7.28. The first-order chi connectivity index (χ1) is 10.3. The Hall–Kier alpha value is -2.22. The van der Waals surface area contributed by atoms with E-state index < -0.39 is 0 Å². The molecule has 3 rings (SSSR count). The Bertz CT molecular complexity index is 591. The maximum atomic E-state index is 12.4. The average Bonchev–Trinajstić information content (AvgIpc) is 3.18. The number of nitrogens with zero attached hydrogens (tertiary/aromatic N) is 5. The van der Waals surface area contributed by atoms with Crippen molar-refractivity contribution in [2.45, 2.75) is 31.8 Å². The van der Waals surface area contributed by atoms with Crippen LogP contribution in [0.25, 0.3) is 0 Å². The minimum atomic E-state index is 0.0627. The summed E-state index contributed by atoms with van der Waals surface area (Å²) < 4.78 is 1.55. The van der Waals surface area contributed by atoms with Crippen molar-refractivity contribution in [2.24, 2.45) is 5.73 Å². The molecule has 1 saturated heterocycles. The number of hydrogen-bond donors (Lipinski definition) is 2. The highest BCUT2D eigenvalue weighted by Crippen LogP contribution is 2.25. The number of aromatic amines is 1. The standard InChI is InChI=1S/C13H19N7O/c14-6-11-8-20(18-16-11)9-13(21)19-5-1-2-10(7-19)12-3-4-15-17-12/h3-4,8,10H,1-2,5-7,9,14H2,(H,15,17). The lowest BCUT2D eigenvalue weighted by molar-refractivity contribution is -0.133. The van der Waals surface area contributed by atoms with E-state index in [1.54, 1.807) is 17.1 Å². The maximum absolute atomic E-state index is 12.4. The summed E-state index contributed by atoms with van der Waals surface area (Å²) in [5.74, 6) is 0.397. The minimum Gasteiger partial charge on any atom is -0.340 e. The largest absolute Gasteiger partial charge is 0.340 e. The molecule has 0 spiro atoms. The first-order valence-electron chi connectivity index (χ1n) is 7.12. The van der Waals surface area contributed by atoms with Crippen LogP contribution in [0.15, 0.2) is 18.5 Å². The molecule has 0 aliphatic carbocycles. The van der Waals surface area contributed by atoms with E-state index in [1.807, 2.05) is 11.0 Å². The van der Waals surface area contributed by atoms with Gasteiger partial charge in [-0.05, 0) is 18.9 Å². The van der Waals surface area contributed by atoms with Gasteiger partial charge in [-0.1, -0.05) is 5.21 Å². The van der Waals surface area contributed by atoms with Crippen LogP contribution in [0.3, 0.4) is 0 Å². The number of amides is 1. The molecule has 8 nitrogen and oxygen atoms in total. The number of carbonyl (C=O) groups is 1. The second-order valence-corrected chi connectivity index (χ2v) is 5.30. The Morgan fingerprint density at radius 2 is 2.43 bits per heavy atom. The zero-order valence-electron chi connectivity index (χ0n) is 11.8. The number of likely N-dealkylation sites (tertiary alicyclic amines) is 1. The number of piperidine rings is 1. The van der Waals surface area contributed by atoms with Crippen molar-refractivity contribution in [3.8, 4) is 0 Å². The van der Waals surface area contributed by atoms with Gasteiger partial charge in [-0.3, -0.25) is 9.89 Å². The van der Waals surface area contributed by atoms with E-state index in [0.717, 1.165) is 31.6 Å². The van der Waals surface area contributed by atoms with E-state index in [4.69, 9.17) is 5.73 Å². The zero-order valence-corrected chi connectivity index (χ0v) is 11.8. The molecule has 1 aliphatic heterocycles. The number of carbonyl (C=O) groups excluding carboxylic acids is 1. The van der Waals surface area contributed by atoms with Gasteiger partial charge in [0.05, 0.1) is 11.9 Å². The van der Waals surface area contributed by atoms with Gasteiger partial charge < -0.3 is 10.6 Å². The maximum Gasteiger partial charge on any atom is 0.244 e. The highest BCUT2D eigenvalue weighted by Gasteiger charge is 2.25. The zero-order chi connectivity index (χ0) is 14.7. The van der Waals surface area contributed by atoms with Crippen LogP contribution < -0.4 is 5.73 Å². The highest BCUT2D eigenvalue weighted by molar-refractivity contribution is 5.76. The molecule has 8 heteroatoms. The fourth-order valence-corrected chi connectivity index (χ4v) is 2.70. The van der Waals surface area contributed by atoms with Crippen LogP contribution in [-0.2, 0) is 17.9 Å². The SMILES string of the molecule is NCc1cn(CC(=O)N2CCCC(c3ccn[nH]3)C2)nn1. The number of H-pyrrole nitrogens is 1. The van der Waals surface area contributed by atoms with Crippen molar-refractivity contribution in [3.05, 3.63) is 29.8 Å². The summed E-state index contributed by atoms with van der Waals surface area (Å²) in [6.45, 7) is 2.06. The summed E-state index contributed by atoms with van der Waals surface area (Å²) in [6.07, 6.45) is 5.54. The van der Waals surface area contributed by atoms with Gasteiger partial charge in [-0.25, -0.2) is 4.68 Å². The molecule has 2 aromatic rings. The topological polar surface area (TPSA) is 106 Å². The molecule has 1 amide bonds. The van der Waals surface area contributed by atoms with Gasteiger partial charge in [0, 0.05) is 37.4 Å². The third-order valence-electron chi connectivity index (χ3n) is 3.83. The molecule has 112 valence electrons. The minimum absolute atomic E-state index is 0.0627. The van der Waals surface area contributed by atoms with E-state index in [9.17, 15) is 4.79 Å². The van der Waals surface area contributed by atoms with Crippen LogP contribution in [0, 0.1) is 0 Å². The molecule has 0 bridgehead atoms. The Morgan fingerprint density at radius 3 is 3.14 bits per heavy atom.